The lowest BCUT2D eigenvalue weighted by atomic mass is 10.0. The number of methoxy groups -OCH3 is 1. The van der Waals surface area contributed by atoms with E-state index < -0.39 is 18.3 Å². The average molecular weight is 594 g/mol. The van der Waals surface area contributed by atoms with Crippen LogP contribution in [0.1, 0.15) is 124 Å². The molecule has 0 aliphatic rings. The largest absolute Gasteiger partial charge is 0.446 e. The smallest absolute Gasteiger partial charge is 0.434 e. The molecule has 0 radical (unpaired) electrons. The number of pyridine rings is 1. The number of nitrogens with zero attached hydrogens (tertiary/aromatic N) is 3. The van der Waals surface area contributed by atoms with Gasteiger partial charge in [0.05, 0.1) is 12.6 Å². The number of unbranched alkanes of at least 4 members (excludes halogenated alkanes) is 12. The van der Waals surface area contributed by atoms with E-state index in [0.29, 0.717) is 12.4 Å². The van der Waals surface area contributed by atoms with Crippen molar-refractivity contribution in [1.82, 2.24) is 10.0 Å². The molecule has 0 spiro atoms. The van der Waals surface area contributed by atoms with Gasteiger partial charge in [-0.05, 0) is 31.4 Å². The highest BCUT2D eigenvalue weighted by Crippen LogP contribution is 2.17. The normalized spacial score (nSPS) is 12.5. The third-order valence-electron chi connectivity index (χ3n) is 7.38. The van der Waals surface area contributed by atoms with Gasteiger partial charge in [-0.25, -0.2) is 14.6 Å². The second-order valence-corrected chi connectivity index (χ2v) is 11.0. The van der Waals surface area contributed by atoms with Crippen molar-refractivity contribution in [2.75, 3.05) is 38.8 Å². The quantitative estimate of drug-likeness (QED) is 0.0827. The molecule has 0 aromatic carbocycles. The number of ether oxygens (including phenoxy) is 3. The zero-order valence-corrected chi connectivity index (χ0v) is 27.2. The predicted molar refractivity (Wildman–Crippen MR) is 169 cm³/mol. The van der Waals surface area contributed by atoms with Gasteiger partial charge in [-0.2, -0.15) is 5.06 Å². The molecule has 2 unspecified atom stereocenters. The van der Waals surface area contributed by atoms with Crippen molar-refractivity contribution in [3.05, 3.63) is 24.4 Å². The van der Waals surface area contributed by atoms with Gasteiger partial charge < -0.3 is 14.2 Å². The van der Waals surface area contributed by atoms with Crippen LogP contribution in [0.3, 0.4) is 0 Å². The summed E-state index contributed by atoms with van der Waals surface area (Å²) in [6.07, 6.45) is 19.5. The van der Waals surface area contributed by atoms with Gasteiger partial charge in [-0.15, -0.1) is 0 Å². The van der Waals surface area contributed by atoms with Crippen LogP contribution in [0.2, 0.25) is 0 Å². The molecule has 2 atom stereocenters. The van der Waals surface area contributed by atoms with E-state index in [9.17, 15) is 9.59 Å². The van der Waals surface area contributed by atoms with Crippen molar-refractivity contribution >= 4 is 18.0 Å². The van der Waals surface area contributed by atoms with Crippen LogP contribution in [0.15, 0.2) is 24.4 Å². The monoisotopic (exact) mass is 593 g/mol. The number of carbonyl (C=O) groups excluding carboxylic acids is 2. The SMILES string of the molecule is CCCCCCCCCCCCCCCC(CC)ON(CCC)C(=O)OCC(COC(=O)N(C)c1ccccn1)OC. The number of anilines is 1. The zero-order chi connectivity index (χ0) is 30.8. The highest BCUT2D eigenvalue weighted by Gasteiger charge is 2.23. The highest BCUT2D eigenvalue weighted by molar-refractivity contribution is 5.85. The summed E-state index contributed by atoms with van der Waals surface area (Å²) in [5.74, 6) is 0.472. The molecule has 1 aromatic rings. The molecule has 1 heterocycles. The number of rotatable bonds is 25. The Hall–Kier alpha value is -2.39. The lowest BCUT2D eigenvalue weighted by Gasteiger charge is -2.27. The summed E-state index contributed by atoms with van der Waals surface area (Å²) >= 11 is 0. The van der Waals surface area contributed by atoms with Gasteiger partial charge in [0.1, 0.15) is 25.1 Å². The summed E-state index contributed by atoms with van der Waals surface area (Å²) in [5, 5.41) is 1.32. The topological polar surface area (TPSA) is 90.4 Å². The van der Waals surface area contributed by atoms with Gasteiger partial charge in [0.2, 0.25) is 0 Å². The Morgan fingerprint density at radius 3 is 1.83 bits per heavy atom. The van der Waals surface area contributed by atoms with Crippen molar-refractivity contribution in [2.45, 2.75) is 136 Å². The van der Waals surface area contributed by atoms with Crippen molar-refractivity contribution in [2.24, 2.45) is 0 Å². The van der Waals surface area contributed by atoms with Gasteiger partial charge in [0, 0.05) is 20.4 Å². The van der Waals surface area contributed by atoms with E-state index in [1.807, 2.05) is 6.92 Å². The summed E-state index contributed by atoms with van der Waals surface area (Å²) in [7, 11) is 3.06. The maximum atomic E-state index is 12.8. The molecular formula is C33H59N3O6. The molecule has 42 heavy (non-hydrogen) atoms. The average Bonchev–Trinajstić information content (AvgIpc) is 3.02. The van der Waals surface area contributed by atoms with Crippen LogP contribution in [0.4, 0.5) is 15.4 Å². The summed E-state index contributed by atoms with van der Waals surface area (Å²) in [5.41, 5.74) is 0. The van der Waals surface area contributed by atoms with Gasteiger partial charge >= 0.3 is 12.2 Å². The predicted octanol–water partition coefficient (Wildman–Crippen LogP) is 8.71. The second-order valence-electron chi connectivity index (χ2n) is 11.0. The first-order valence-electron chi connectivity index (χ1n) is 16.4. The molecule has 242 valence electrons. The van der Waals surface area contributed by atoms with E-state index in [1.165, 1.54) is 94.1 Å². The fourth-order valence-corrected chi connectivity index (χ4v) is 4.62. The molecule has 0 N–H and O–H groups in total. The first-order valence-corrected chi connectivity index (χ1v) is 16.4. The van der Waals surface area contributed by atoms with Gasteiger partial charge in [0.15, 0.2) is 0 Å². The molecular weight excluding hydrogens is 534 g/mol. The third-order valence-corrected chi connectivity index (χ3v) is 7.38. The lowest BCUT2D eigenvalue weighted by molar-refractivity contribution is -0.179. The molecule has 0 fully saturated rings. The number of hydroxylamine groups is 2. The Morgan fingerprint density at radius 1 is 0.762 bits per heavy atom. The molecule has 1 aromatic heterocycles. The van der Waals surface area contributed by atoms with Crippen LogP contribution in [0.5, 0.6) is 0 Å². The van der Waals surface area contributed by atoms with Crippen LogP contribution < -0.4 is 4.90 Å². The molecule has 9 heteroatoms. The first kappa shape index (κ1) is 37.6. The molecule has 0 saturated carbocycles. The lowest BCUT2D eigenvalue weighted by Crippen LogP contribution is -2.38. The van der Waals surface area contributed by atoms with Crippen LogP contribution >= 0.6 is 0 Å². The number of amides is 2. The van der Waals surface area contributed by atoms with Crippen LogP contribution in [-0.4, -0.2) is 68.4 Å². The van der Waals surface area contributed by atoms with Crippen LogP contribution in [0, 0.1) is 0 Å². The number of carbonyl (C=O) groups is 2. The molecule has 1 rings (SSSR count). The molecule has 0 aliphatic heterocycles. The Bertz CT molecular complexity index is 797. The van der Waals surface area contributed by atoms with Crippen molar-refractivity contribution in [3.8, 4) is 0 Å². The van der Waals surface area contributed by atoms with E-state index in [2.05, 4.69) is 18.8 Å². The third kappa shape index (κ3) is 17.5. The fourth-order valence-electron chi connectivity index (χ4n) is 4.62. The summed E-state index contributed by atoms with van der Waals surface area (Å²) < 4.78 is 16.2. The minimum atomic E-state index is -0.605. The minimum Gasteiger partial charge on any atom is -0.446 e. The summed E-state index contributed by atoms with van der Waals surface area (Å²) in [6.45, 7) is 6.66. The molecule has 0 bridgehead atoms. The van der Waals surface area contributed by atoms with E-state index in [-0.39, 0.29) is 19.3 Å². The molecule has 9 nitrogen and oxygen atoms in total. The fraction of sp³-hybridized carbons (Fsp3) is 0.788. The highest BCUT2D eigenvalue weighted by atomic mass is 16.7. The Kier molecular flexibility index (Phi) is 22.5. The Balaban J connectivity index is 2.29. The van der Waals surface area contributed by atoms with Crippen molar-refractivity contribution in [3.63, 3.8) is 0 Å². The molecule has 0 saturated heterocycles. The van der Waals surface area contributed by atoms with Crippen LogP contribution in [-0.2, 0) is 19.0 Å². The second kappa shape index (κ2) is 25.1. The van der Waals surface area contributed by atoms with E-state index in [0.717, 1.165) is 25.7 Å². The first-order chi connectivity index (χ1) is 20.5. The summed E-state index contributed by atoms with van der Waals surface area (Å²) in [6, 6.07) is 5.27. The number of hydrogen-bond acceptors (Lipinski definition) is 7. The Morgan fingerprint density at radius 2 is 1.33 bits per heavy atom. The van der Waals surface area contributed by atoms with E-state index >= 15 is 0 Å². The maximum Gasteiger partial charge on any atom is 0.434 e. The minimum absolute atomic E-state index is 0.0295. The molecule has 2 amide bonds. The zero-order valence-electron chi connectivity index (χ0n) is 27.2. The van der Waals surface area contributed by atoms with Gasteiger partial charge in [0.25, 0.3) is 0 Å². The van der Waals surface area contributed by atoms with Gasteiger partial charge in [-0.3, -0.25) is 9.74 Å². The van der Waals surface area contributed by atoms with Crippen molar-refractivity contribution < 1.29 is 28.6 Å². The standard InChI is InChI=1S/C33H59N3O6/c1-6-9-10-11-12-13-14-15-16-17-18-19-20-23-29(8-3)42-36(26-7-2)33(38)41-28-30(39-5)27-40-32(37)35(4)31-24-21-22-25-34-31/h21-22,24-25,29-30H,6-20,23,26-28H2,1-5H3. The Labute approximate surface area is 255 Å². The van der Waals surface area contributed by atoms with Crippen LogP contribution in [0.25, 0.3) is 0 Å². The van der Waals surface area contributed by atoms with Crippen molar-refractivity contribution in [1.29, 1.82) is 0 Å². The van der Waals surface area contributed by atoms with E-state index in [1.54, 1.807) is 31.4 Å². The number of aromatic nitrogens is 1. The van der Waals surface area contributed by atoms with Gasteiger partial charge in [-0.1, -0.05) is 110 Å². The molecule has 0 aliphatic carbocycles. The van der Waals surface area contributed by atoms with E-state index in [4.69, 9.17) is 19.0 Å². The number of hydrogen-bond donors (Lipinski definition) is 0. The summed E-state index contributed by atoms with van der Waals surface area (Å²) in [4.78, 5) is 36.7. The maximum absolute atomic E-state index is 12.8.